The molecule has 1 rings (SSSR count). The van der Waals surface area contributed by atoms with Gasteiger partial charge in [-0.15, -0.1) is 5.10 Å². The van der Waals surface area contributed by atoms with Gasteiger partial charge in [0.2, 0.25) is 0 Å². The number of carbonyl (C=O) groups excluding carboxylic acids is 1. The number of rotatable bonds is 3. The number of nitrogens with zero attached hydrogens (tertiary/aromatic N) is 2. The van der Waals surface area contributed by atoms with Crippen molar-refractivity contribution in [1.82, 2.24) is 15.5 Å². The van der Waals surface area contributed by atoms with Gasteiger partial charge in [0.25, 0.3) is 5.91 Å². The Labute approximate surface area is 86.3 Å². The van der Waals surface area contributed by atoms with Crippen molar-refractivity contribution in [3.8, 4) is 0 Å². The Bertz CT molecular complexity index is 392. The van der Waals surface area contributed by atoms with Gasteiger partial charge in [0, 0.05) is 0 Å². The molecule has 6 nitrogen and oxygen atoms in total. The summed E-state index contributed by atoms with van der Waals surface area (Å²) in [4.78, 5) is 21.9. The van der Waals surface area contributed by atoms with Crippen molar-refractivity contribution in [2.45, 2.75) is 19.9 Å². The Morgan fingerprint density at radius 3 is 2.73 bits per heavy atom. The van der Waals surface area contributed by atoms with Gasteiger partial charge in [0.05, 0.1) is 6.20 Å². The van der Waals surface area contributed by atoms with Gasteiger partial charge in [-0.2, -0.15) is 5.10 Å². The summed E-state index contributed by atoms with van der Waals surface area (Å²) < 4.78 is 0. The molecule has 1 heterocycles. The molecule has 0 aromatic carbocycles. The summed E-state index contributed by atoms with van der Waals surface area (Å²) >= 11 is 0. The van der Waals surface area contributed by atoms with E-state index in [9.17, 15) is 9.59 Å². The zero-order chi connectivity index (χ0) is 11.4. The first-order valence-corrected chi connectivity index (χ1v) is 4.33. The first kappa shape index (κ1) is 11.1. The fraction of sp³-hybridized carbons (Fsp3) is 0.333. The average Bonchev–Trinajstić information content (AvgIpc) is 2.17. The molecule has 80 valence electrons. The first-order valence-electron chi connectivity index (χ1n) is 4.33. The Morgan fingerprint density at radius 2 is 2.20 bits per heavy atom. The molecule has 0 fully saturated rings. The molecule has 0 aliphatic rings. The molecule has 0 bridgehead atoms. The number of aromatic nitrogens is 2. The minimum absolute atomic E-state index is 0.114. The third kappa shape index (κ3) is 3.01. The Hall–Kier alpha value is -1.98. The van der Waals surface area contributed by atoms with Crippen LogP contribution in [0.1, 0.15) is 23.0 Å². The van der Waals surface area contributed by atoms with Gasteiger partial charge >= 0.3 is 5.97 Å². The molecular weight excluding hydrogens is 198 g/mol. The molecule has 1 amide bonds. The van der Waals surface area contributed by atoms with Crippen LogP contribution < -0.4 is 5.32 Å². The lowest BCUT2D eigenvalue weighted by Gasteiger charge is -2.08. The van der Waals surface area contributed by atoms with Crippen LogP contribution in [0.2, 0.25) is 0 Å². The van der Waals surface area contributed by atoms with Gasteiger partial charge in [0.1, 0.15) is 6.04 Å². The van der Waals surface area contributed by atoms with Gasteiger partial charge in [-0.05, 0) is 25.5 Å². The molecule has 0 aliphatic carbocycles. The molecule has 2 N–H and O–H groups in total. The summed E-state index contributed by atoms with van der Waals surface area (Å²) in [6.07, 6.45) is 1.51. The van der Waals surface area contributed by atoms with Crippen molar-refractivity contribution in [3.05, 3.63) is 23.5 Å². The van der Waals surface area contributed by atoms with Crippen molar-refractivity contribution < 1.29 is 14.7 Å². The molecule has 1 aromatic rings. The van der Waals surface area contributed by atoms with E-state index in [2.05, 4.69) is 15.5 Å². The van der Waals surface area contributed by atoms with E-state index in [1.807, 2.05) is 0 Å². The maximum atomic E-state index is 11.4. The van der Waals surface area contributed by atoms with Crippen LogP contribution in [0.3, 0.4) is 0 Å². The summed E-state index contributed by atoms with van der Waals surface area (Å²) in [7, 11) is 0. The third-order valence-electron chi connectivity index (χ3n) is 1.74. The fourth-order valence-corrected chi connectivity index (χ4v) is 0.907. The SMILES string of the molecule is Cc1cnnc(C(=O)N[C@@H](C)C(=O)O)c1. The minimum Gasteiger partial charge on any atom is -0.480 e. The van der Waals surface area contributed by atoms with E-state index in [0.717, 1.165) is 5.56 Å². The fourth-order valence-electron chi connectivity index (χ4n) is 0.907. The smallest absolute Gasteiger partial charge is 0.325 e. The van der Waals surface area contributed by atoms with E-state index in [0.29, 0.717) is 0 Å². The zero-order valence-corrected chi connectivity index (χ0v) is 8.39. The number of aliphatic carboxylic acids is 1. The lowest BCUT2D eigenvalue weighted by molar-refractivity contribution is -0.138. The summed E-state index contributed by atoms with van der Waals surface area (Å²) in [6, 6.07) is 0.594. The van der Waals surface area contributed by atoms with E-state index >= 15 is 0 Å². The van der Waals surface area contributed by atoms with Gasteiger partial charge in [-0.1, -0.05) is 0 Å². The van der Waals surface area contributed by atoms with Crippen molar-refractivity contribution in [3.63, 3.8) is 0 Å². The Balaban J connectivity index is 2.73. The molecule has 0 unspecified atom stereocenters. The van der Waals surface area contributed by atoms with Gasteiger partial charge in [-0.3, -0.25) is 9.59 Å². The van der Waals surface area contributed by atoms with Crippen LogP contribution in [0.5, 0.6) is 0 Å². The highest BCUT2D eigenvalue weighted by Gasteiger charge is 2.16. The van der Waals surface area contributed by atoms with E-state index in [4.69, 9.17) is 5.11 Å². The highest BCUT2D eigenvalue weighted by atomic mass is 16.4. The second kappa shape index (κ2) is 4.50. The number of hydrogen-bond acceptors (Lipinski definition) is 4. The number of hydrogen-bond donors (Lipinski definition) is 2. The summed E-state index contributed by atoms with van der Waals surface area (Å²) in [5.41, 5.74) is 0.904. The molecule has 0 saturated heterocycles. The van der Waals surface area contributed by atoms with E-state index in [-0.39, 0.29) is 5.69 Å². The lowest BCUT2D eigenvalue weighted by atomic mass is 10.2. The Morgan fingerprint density at radius 1 is 1.53 bits per heavy atom. The number of nitrogens with one attached hydrogen (secondary N) is 1. The van der Waals surface area contributed by atoms with Crippen molar-refractivity contribution >= 4 is 11.9 Å². The molecule has 1 aromatic heterocycles. The maximum absolute atomic E-state index is 11.4. The van der Waals surface area contributed by atoms with Gasteiger partial charge in [0.15, 0.2) is 5.69 Å². The number of carboxylic acids is 1. The van der Waals surface area contributed by atoms with Crippen molar-refractivity contribution in [2.24, 2.45) is 0 Å². The molecular formula is C9H11N3O3. The molecule has 6 heteroatoms. The van der Waals surface area contributed by atoms with Crippen LogP contribution >= 0.6 is 0 Å². The third-order valence-corrected chi connectivity index (χ3v) is 1.74. The summed E-state index contributed by atoms with van der Waals surface area (Å²) in [5.74, 6) is -1.63. The van der Waals surface area contributed by atoms with Crippen LogP contribution in [0.15, 0.2) is 12.3 Å². The second-order valence-corrected chi connectivity index (χ2v) is 3.15. The summed E-state index contributed by atoms with van der Waals surface area (Å²) in [5, 5.41) is 18.1. The monoisotopic (exact) mass is 209 g/mol. The maximum Gasteiger partial charge on any atom is 0.325 e. The van der Waals surface area contributed by atoms with Crippen LogP contribution in [-0.2, 0) is 4.79 Å². The summed E-state index contributed by atoms with van der Waals surface area (Å²) in [6.45, 7) is 3.15. The van der Waals surface area contributed by atoms with Crippen LogP contribution in [0.25, 0.3) is 0 Å². The van der Waals surface area contributed by atoms with Crippen molar-refractivity contribution in [1.29, 1.82) is 0 Å². The topological polar surface area (TPSA) is 92.2 Å². The standard InChI is InChI=1S/C9H11N3O3/c1-5-3-7(12-10-4-5)8(13)11-6(2)9(14)15/h3-4,6H,1-2H3,(H,11,13)(H,14,15)/t6-/m0/s1. The molecule has 0 aliphatic heterocycles. The van der Waals surface area contributed by atoms with Crippen molar-refractivity contribution in [2.75, 3.05) is 0 Å². The highest BCUT2D eigenvalue weighted by Crippen LogP contribution is 1.98. The molecule has 0 radical (unpaired) electrons. The largest absolute Gasteiger partial charge is 0.480 e. The van der Waals surface area contributed by atoms with Gasteiger partial charge in [-0.25, -0.2) is 0 Å². The average molecular weight is 209 g/mol. The van der Waals surface area contributed by atoms with E-state index < -0.39 is 17.9 Å². The van der Waals surface area contributed by atoms with Crippen LogP contribution in [0, 0.1) is 6.92 Å². The lowest BCUT2D eigenvalue weighted by Crippen LogP contribution is -2.38. The molecule has 0 spiro atoms. The normalized spacial score (nSPS) is 11.9. The zero-order valence-electron chi connectivity index (χ0n) is 8.39. The minimum atomic E-state index is -1.09. The van der Waals surface area contributed by atoms with E-state index in [1.165, 1.54) is 19.2 Å². The van der Waals surface area contributed by atoms with Gasteiger partial charge < -0.3 is 10.4 Å². The molecule has 1 atom stereocenters. The van der Waals surface area contributed by atoms with Crippen LogP contribution in [-0.4, -0.2) is 33.2 Å². The Kier molecular flexibility index (Phi) is 3.33. The predicted octanol–water partition coefficient (Wildman–Crippen LogP) is -0.0121. The quantitative estimate of drug-likeness (QED) is 0.730. The predicted molar refractivity (Wildman–Crippen MR) is 51.3 cm³/mol. The van der Waals surface area contributed by atoms with Crippen LogP contribution in [0.4, 0.5) is 0 Å². The first-order chi connectivity index (χ1) is 7.00. The number of aryl methyl sites for hydroxylation is 1. The number of carbonyl (C=O) groups is 2. The highest BCUT2D eigenvalue weighted by molar-refractivity contribution is 5.94. The molecule has 15 heavy (non-hydrogen) atoms. The molecule has 0 saturated carbocycles. The number of amides is 1. The second-order valence-electron chi connectivity index (χ2n) is 3.15. The van der Waals surface area contributed by atoms with E-state index in [1.54, 1.807) is 6.92 Å². The number of carboxylic acid groups (broad SMARTS) is 1.